The number of carboxylic acid groups (broad SMARTS) is 1. The summed E-state index contributed by atoms with van der Waals surface area (Å²) in [5.41, 5.74) is -0.200. The third-order valence-corrected chi connectivity index (χ3v) is 2.01. The maximum atomic E-state index is 11.5. The highest BCUT2D eigenvalue weighted by molar-refractivity contribution is 5.86. The number of oxazole rings is 1. The summed E-state index contributed by atoms with van der Waals surface area (Å²) in [4.78, 5) is 25.7. The monoisotopic (exact) mass is 241 g/mol. The number of amides is 1. The molecule has 1 atom stereocenters. The molecule has 0 aliphatic rings. The van der Waals surface area contributed by atoms with Gasteiger partial charge in [0.2, 0.25) is 5.91 Å². The van der Waals surface area contributed by atoms with Crippen molar-refractivity contribution >= 4 is 17.9 Å². The molecule has 1 aromatic heterocycles. The van der Waals surface area contributed by atoms with Crippen LogP contribution in [0.2, 0.25) is 0 Å². The van der Waals surface area contributed by atoms with Gasteiger partial charge in [0, 0.05) is 6.54 Å². The van der Waals surface area contributed by atoms with Gasteiger partial charge < -0.3 is 20.2 Å². The van der Waals surface area contributed by atoms with Gasteiger partial charge in [-0.15, -0.1) is 0 Å². The van der Waals surface area contributed by atoms with Crippen molar-refractivity contribution in [2.75, 3.05) is 11.9 Å². The molecule has 1 unspecified atom stereocenters. The van der Waals surface area contributed by atoms with Gasteiger partial charge in [-0.3, -0.25) is 4.79 Å². The van der Waals surface area contributed by atoms with Gasteiger partial charge in [0.25, 0.3) is 6.01 Å². The average Bonchev–Trinajstić information content (AvgIpc) is 2.74. The minimum Gasteiger partial charge on any atom is -0.476 e. The topological polar surface area (TPSA) is 104 Å². The van der Waals surface area contributed by atoms with Crippen LogP contribution in [0.5, 0.6) is 0 Å². The second kappa shape index (κ2) is 5.88. The fourth-order valence-corrected chi connectivity index (χ4v) is 1.09. The normalized spacial score (nSPS) is 11.9. The number of carbonyl (C=O) groups is 2. The quantitative estimate of drug-likeness (QED) is 0.677. The smallest absolute Gasteiger partial charge is 0.357 e. The molecule has 0 spiro atoms. The first-order valence-corrected chi connectivity index (χ1v) is 5.27. The van der Waals surface area contributed by atoms with Crippen molar-refractivity contribution < 1.29 is 19.1 Å². The highest BCUT2D eigenvalue weighted by Crippen LogP contribution is 2.08. The zero-order valence-corrected chi connectivity index (χ0v) is 9.69. The lowest BCUT2D eigenvalue weighted by Gasteiger charge is -2.11. The number of rotatable bonds is 6. The lowest BCUT2D eigenvalue weighted by molar-refractivity contribution is -0.121. The Hall–Kier alpha value is -2.05. The fourth-order valence-electron chi connectivity index (χ4n) is 1.09. The molecular formula is C10H15N3O4. The number of anilines is 1. The van der Waals surface area contributed by atoms with Crippen molar-refractivity contribution in [3.05, 3.63) is 12.0 Å². The second-order valence-corrected chi connectivity index (χ2v) is 3.50. The van der Waals surface area contributed by atoms with Crippen LogP contribution in [0, 0.1) is 0 Å². The van der Waals surface area contributed by atoms with Gasteiger partial charge in [-0.05, 0) is 13.3 Å². The van der Waals surface area contributed by atoms with Crippen LogP contribution >= 0.6 is 0 Å². The van der Waals surface area contributed by atoms with E-state index in [0.29, 0.717) is 6.54 Å². The summed E-state index contributed by atoms with van der Waals surface area (Å²) < 4.78 is 4.87. The molecule has 0 saturated heterocycles. The molecule has 0 aliphatic carbocycles. The first-order chi connectivity index (χ1) is 8.04. The van der Waals surface area contributed by atoms with Gasteiger partial charge in [0.15, 0.2) is 5.69 Å². The molecule has 1 heterocycles. The van der Waals surface area contributed by atoms with E-state index in [4.69, 9.17) is 9.52 Å². The Kier molecular flexibility index (Phi) is 4.50. The molecule has 1 aromatic rings. The Morgan fingerprint density at radius 1 is 1.59 bits per heavy atom. The number of hydrogen-bond donors (Lipinski definition) is 3. The largest absolute Gasteiger partial charge is 0.476 e. The van der Waals surface area contributed by atoms with Gasteiger partial charge in [0.05, 0.1) is 0 Å². The number of nitrogens with zero attached hydrogens (tertiary/aromatic N) is 1. The minimum atomic E-state index is -1.18. The maximum Gasteiger partial charge on any atom is 0.357 e. The van der Waals surface area contributed by atoms with E-state index in [1.807, 2.05) is 6.92 Å². The van der Waals surface area contributed by atoms with Crippen LogP contribution < -0.4 is 10.6 Å². The van der Waals surface area contributed by atoms with E-state index in [1.54, 1.807) is 6.92 Å². The number of aromatic nitrogens is 1. The Bertz CT molecular complexity index is 402. The van der Waals surface area contributed by atoms with Crippen LogP contribution in [-0.4, -0.2) is 34.6 Å². The molecule has 0 aromatic carbocycles. The highest BCUT2D eigenvalue weighted by Gasteiger charge is 2.16. The van der Waals surface area contributed by atoms with Crippen molar-refractivity contribution in [2.45, 2.75) is 26.3 Å². The van der Waals surface area contributed by atoms with Gasteiger partial charge in [-0.2, -0.15) is 4.98 Å². The fraction of sp³-hybridized carbons (Fsp3) is 0.500. The lowest BCUT2D eigenvalue weighted by atomic mass is 10.3. The molecule has 94 valence electrons. The molecule has 0 aliphatic heterocycles. The van der Waals surface area contributed by atoms with Crippen molar-refractivity contribution in [1.82, 2.24) is 10.3 Å². The van der Waals surface area contributed by atoms with Gasteiger partial charge in [-0.1, -0.05) is 6.92 Å². The first kappa shape index (κ1) is 13.0. The SMILES string of the molecule is CCCNC(=O)C(C)Nc1nc(C(=O)O)co1. The molecule has 0 radical (unpaired) electrons. The predicted octanol–water partition coefficient (Wildman–Crippen LogP) is 0.699. The van der Waals surface area contributed by atoms with E-state index < -0.39 is 12.0 Å². The number of hydrogen-bond acceptors (Lipinski definition) is 5. The Balaban J connectivity index is 2.52. The van der Waals surface area contributed by atoms with Crippen LogP contribution in [0.1, 0.15) is 30.8 Å². The maximum absolute atomic E-state index is 11.5. The molecule has 0 fully saturated rings. The molecule has 7 heteroatoms. The van der Waals surface area contributed by atoms with E-state index in [9.17, 15) is 9.59 Å². The Morgan fingerprint density at radius 2 is 2.29 bits per heavy atom. The van der Waals surface area contributed by atoms with Crippen LogP contribution in [0.3, 0.4) is 0 Å². The molecule has 1 rings (SSSR count). The number of nitrogens with one attached hydrogen (secondary N) is 2. The lowest BCUT2D eigenvalue weighted by Crippen LogP contribution is -2.37. The summed E-state index contributed by atoms with van der Waals surface area (Å²) >= 11 is 0. The van der Waals surface area contributed by atoms with Gasteiger partial charge in [-0.25, -0.2) is 4.79 Å². The third-order valence-electron chi connectivity index (χ3n) is 2.01. The first-order valence-electron chi connectivity index (χ1n) is 5.27. The molecular weight excluding hydrogens is 226 g/mol. The van der Waals surface area contributed by atoms with Crippen molar-refractivity contribution in [3.63, 3.8) is 0 Å². The van der Waals surface area contributed by atoms with Crippen LogP contribution in [-0.2, 0) is 4.79 Å². The zero-order valence-electron chi connectivity index (χ0n) is 9.69. The molecule has 17 heavy (non-hydrogen) atoms. The zero-order chi connectivity index (χ0) is 12.8. The van der Waals surface area contributed by atoms with Crippen LogP contribution in [0.25, 0.3) is 0 Å². The predicted molar refractivity (Wildman–Crippen MR) is 59.8 cm³/mol. The summed E-state index contributed by atoms with van der Waals surface area (Å²) in [7, 11) is 0. The average molecular weight is 241 g/mol. The van der Waals surface area contributed by atoms with Crippen molar-refractivity contribution in [1.29, 1.82) is 0 Å². The highest BCUT2D eigenvalue weighted by atomic mass is 16.4. The van der Waals surface area contributed by atoms with Crippen molar-refractivity contribution in [3.8, 4) is 0 Å². The van der Waals surface area contributed by atoms with E-state index >= 15 is 0 Å². The van der Waals surface area contributed by atoms with Crippen LogP contribution in [0.15, 0.2) is 10.7 Å². The summed E-state index contributed by atoms with van der Waals surface area (Å²) in [5, 5.41) is 14.0. The standard InChI is InChI=1S/C10H15N3O4/c1-3-4-11-8(14)6(2)12-10-13-7(5-17-10)9(15)16/h5-6H,3-4H2,1-2H3,(H,11,14)(H,12,13)(H,15,16). The molecule has 0 saturated carbocycles. The minimum absolute atomic E-state index is 0.0153. The Labute approximate surface area is 98.2 Å². The second-order valence-electron chi connectivity index (χ2n) is 3.50. The summed E-state index contributed by atoms with van der Waals surface area (Å²) in [6, 6.07) is -0.525. The van der Waals surface area contributed by atoms with E-state index in [1.165, 1.54) is 0 Å². The van der Waals surface area contributed by atoms with Crippen molar-refractivity contribution in [2.24, 2.45) is 0 Å². The number of aromatic carboxylic acids is 1. The summed E-state index contributed by atoms with van der Waals surface area (Å²) in [6.07, 6.45) is 1.86. The number of carbonyl (C=O) groups excluding carboxylic acids is 1. The summed E-state index contributed by atoms with van der Waals surface area (Å²) in [5.74, 6) is -1.37. The van der Waals surface area contributed by atoms with E-state index in [2.05, 4.69) is 15.6 Å². The van der Waals surface area contributed by atoms with E-state index in [-0.39, 0.29) is 17.6 Å². The van der Waals surface area contributed by atoms with Gasteiger partial charge >= 0.3 is 5.97 Å². The van der Waals surface area contributed by atoms with Crippen LogP contribution in [0.4, 0.5) is 6.01 Å². The molecule has 1 amide bonds. The number of carboxylic acids is 1. The Morgan fingerprint density at radius 3 is 2.82 bits per heavy atom. The molecule has 7 nitrogen and oxygen atoms in total. The molecule has 3 N–H and O–H groups in total. The third kappa shape index (κ3) is 3.78. The van der Waals surface area contributed by atoms with Gasteiger partial charge in [0.1, 0.15) is 12.3 Å². The summed E-state index contributed by atoms with van der Waals surface area (Å²) in [6.45, 7) is 4.18. The molecule has 0 bridgehead atoms. The van der Waals surface area contributed by atoms with E-state index in [0.717, 1.165) is 12.7 Å².